The lowest BCUT2D eigenvalue weighted by molar-refractivity contribution is -0.120. The molecule has 1 N–H and O–H groups in total. The number of nitrogens with zero attached hydrogens (tertiary/aromatic N) is 7. The maximum atomic E-state index is 13.4. The lowest BCUT2D eigenvalue weighted by Gasteiger charge is -2.28. The van der Waals surface area contributed by atoms with Crippen LogP contribution in [0.15, 0.2) is 42.6 Å². The fourth-order valence-corrected chi connectivity index (χ4v) is 4.89. The van der Waals surface area contributed by atoms with E-state index >= 15 is 0 Å². The third kappa shape index (κ3) is 6.75. The molecule has 4 aromatic heterocycles. The van der Waals surface area contributed by atoms with Crippen LogP contribution >= 0.6 is 0 Å². The summed E-state index contributed by atoms with van der Waals surface area (Å²) < 4.78 is 7.18. The van der Waals surface area contributed by atoms with Gasteiger partial charge in [0.1, 0.15) is 45.7 Å². The quantitative estimate of drug-likeness (QED) is 0.267. The largest absolute Gasteiger partial charge is 0.444 e. The number of carbonyl (C=O) groups excluding carboxylic acids is 2. The summed E-state index contributed by atoms with van der Waals surface area (Å²) in [6, 6.07) is 10.6. The number of benzene rings is 1. The molecule has 0 aliphatic heterocycles. The second-order valence-electron chi connectivity index (χ2n) is 12.0. The molecule has 0 spiro atoms. The summed E-state index contributed by atoms with van der Waals surface area (Å²) in [5.41, 5.74) is 5.06. The number of hydrogen-bond acceptors (Lipinski definition) is 8. The Balaban J connectivity index is 1.56. The van der Waals surface area contributed by atoms with Crippen LogP contribution in [0.3, 0.4) is 0 Å². The van der Waals surface area contributed by atoms with Crippen molar-refractivity contribution in [1.82, 2.24) is 34.6 Å². The molecule has 0 aliphatic rings. The topological polar surface area (TPSA) is 128 Å². The van der Waals surface area contributed by atoms with E-state index in [-0.39, 0.29) is 5.82 Å². The Labute approximate surface area is 262 Å². The average Bonchev–Trinajstić information content (AvgIpc) is 3.26. The van der Waals surface area contributed by atoms with Crippen LogP contribution in [0.1, 0.15) is 56.2 Å². The lowest BCUT2D eigenvalue weighted by Crippen LogP contribution is -2.45. The number of aromatic nitrogens is 6. The third-order valence-electron chi connectivity index (χ3n) is 7.25. The fourth-order valence-electron chi connectivity index (χ4n) is 4.89. The average molecular weight is 605 g/mol. The third-order valence-corrected chi connectivity index (χ3v) is 7.25. The van der Waals surface area contributed by atoms with Gasteiger partial charge in [-0.3, -0.25) is 19.4 Å². The van der Waals surface area contributed by atoms with Gasteiger partial charge >= 0.3 is 6.09 Å². The Kier molecular flexibility index (Phi) is 8.26. The van der Waals surface area contributed by atoms with Gasteiger partial charge in [-0.2, -0.15) is 5.10 Å². The first-order valence-corrected chi connectivity index (χ1v) is 14.5. The van der Waals surface area contributed by atoms with E-state index in [0.717, 1.165) is 38.8 Å². The molecule has 11 heteroatoms. The number of pyridine rings is 2. The van der Waals surface area contributed by atoms with Crippen molar-refractivity contribution in [2.45, 2.75) is 60.1 Å². The van der Waals surface area contributed by atoms with Crippen LogP contribution in [0.2, 0.25) is 0 Å². The molecule has 0 bridgehead atoms. The number of carbonyl (C=O) groups is 2. The molecule has 2 amide bonds. The van der Waals surface area contributed by atoms with E-state index in [9.17, 15) is 9.59 Å². The van der Waals surface area contributed by atoms with Gasteiger partial charge in [0.15, 0.2) is 0 Å². The number of hydrogen-bond donors (Lipinski definition) is 1. The summed E-state index contributed by atoms with van der Waals surface area (Å²) in [4.78, 5) is 45.6. The van der Waals surface area contributed by atoms with E-state index in [1.54, 1.807) is 44.6 Å². The summed E-state index contributed by atoms with van der Waals surface area (Å²) in [5.74, 6) is 6.77. The number of likely N-dealkylation sites (N-methyl/N-ethyl adjacent to an activating group) is 1. The molecule has 1 unspecified atom stereocenters. The summed E-state index contributed by atoms with van der Waals surface area (Å²) in [6.07, 6.45) is 1.17. The minimum absolute atomic E-state index is 0.259. The number of anilines is 1. The van der Waals surface area contributed by atoms with Gasteiger partial charge in [-0.05, 0) is 90.1 Å². The summed E-state index contributed by atoms with van der Waals surface area (Å²) in [7, 11) is 3.36. The number of rotatable bonds is 4. The smallest absolute Gasteiger partial charge is 0.410 e. The highest BCUT2D eigenvalue weighted by Crippen LogP contribution is 2.29. The van der Waals surface area contributed by atoms with E-state index in [0.29, 0.717) is 22.8 Å². The highest BCUT2D eigenvalue weighted by molar-refractivity contribution is 5.97. The van der Waals surface area contributed by atoms with Crippen LogP contribution in [0.4, 0.5) is 10.6 Å². The van der Waals surface area contributed by atoms with Gasteiger partial charge in [0, 0.05) is 42.5 Å². The van der Waals surface area contributed by atoms with Crippen molar-refractivity contribution in [1.29, 1.82) is 0 Å². The normalized spacial score (nSPS) is 12.0. The molecule has 1 aromatic carbocycles. The minimum atomic E-state index is -0.844. The van der Waals surface area contributed by atoms with Gasteiger partial charge < -0.3 is 10.1 Å². The van der Waals surface area contributed by atoms with E-state index in [4.69, 9.17) is 9.72 Å². The Morgan fingerprint density at radius 2 is 1.76 bits per heavy atom. The van der Waals surface area contributed by atoms with Crippen molar-refractivity contribution in [3.05, 3.63) is 71.1 Å². The molecule has 230 valence electrons. The molecule has 5 rings (SSSR count). The summed E-state index contributed by atoms with van der Waals surface area (Å²) in [6.45, 7) is 12.6. The first-order valence-electron chi connectivity index (χ1n) is 14.5. The van der Waals surface area contributed by atoms with Crippen LogP contribution < -0.4 is 5.32 Å². The molecule has 0 saturated carbocycles. The Bertz CT molecular complexity index is 2030. The number of aryl methyl sites for hydroxylation is 4. The number of nitrogens with one attached hydrogen (secondary N) is 1. The van der Waals surface area contributed by atoms with E-state index < -0.39 is 23.6 Å². The van der Waals surface area contributed by atoms with Crippen molar-refractivity contribution in [2.24, 2.45) is 7.05 Å². The molecule has 0 aliphatic carbocycles. The van der Waals surface area contributed by atoms with Gasteiger partial charge in [0.2, 0.25) is 5.91 Å². The van der Waals surface area contributed by atoms with Gasteiger partial charge in [-0.1, -0.05) is 12.0 Å². The first kappa shape index (κ1) is 31.1. The van der Waals surface area contributed by atoms with Crippen molar-refractivity contribution in [3.8, 4) is 23.1 Å². The molecular weight excluding hydrogens is 568 g/mol. The Hall–Kier alpha value is -5.37. The Morgan fingerprint density at radius 1 is 1.00 bits per heavy atom. The highest BCUT2D eigenvalue weighted by atomic mass is 16.6. The molecule has 5 aromatic rings. The lowest BCUT2D eigenvalue weighted by atomic mass is 10.1. The van der Waals surface area contributed by atoms with E-state index in [1.807, 2.05) is 58.2 Å². The molecule has 0 radical (unpaired) electrons. The highest BCUT2D eigenvalue weighted by Gasteiger charge is 2.27. The van der Waals surface area contributed by atoms with Crippen molar-refractivity contribution in [2.75, 3.05) is 12.4 Å². The van der Waals surface area contributed by atoms with Crippen molar-refractivity contribution in [3.63, 3.8) is 0 Å². The van der Waals surface area contributed by atoms with Gasteiger partial charge in [-0.15, -0.1) is 0 Å². The zero-order valence-corrected chi connectivity index (χ0v) is 27.0. The SMILES string of the molecule is Cc1nc(-c2cc(C#Cc3ccc4c(C)nccc4c3)nc(NC(=O)C(C)N(C)C(=O)OC(C)(C)C)c2)c2c(n1)c(C)nn2C. The standard InChI is InChI=1S/C34H36N8O3/c1-19-27-13-11-23(16-24(27)14-15-35-19)10-12-26-17-25(30-31-29(36-22(4)37-30)20(2)40-42(31)9)18-28(38-26)39-32(43)21(3)41(8)33(44)45-34(5,6)7/h11,13-18,21H,1-9H3,(H,38,39,43). The van der Waals surface area contributed by atoms with Crippen LogP contribution in [-0.2, 0) is 16.6 Å². The van der Waals surface area contributed by atoms with Crippen molar-refractivity contribution >= 4 is 39.6 Å². The zero-order chi connectivity index (χ0) is 32.6. The van der Waals surface area contributed by atoms with Crippen LogP contribution in [0.5, 0.6) is 0 Å². The van der Waals surface area contributed by atoms with Gasteiger partial charge in [0.25, 0.3) is 0 Å². The summed E-state index contributed by atoms with van der Waals surface area (Å²) in [5, 5.41) is 9.51. The van der Waals surface area contributed by atoms with Gasteiger partial charge in [0.05, 0.1) is 5.69 Å². The maximum absolute atomic E-state index is 13.4. The van der Waals surface area contributed by atoms with E-state index in [2.05, 4.69) is 37.2 Å². The van der Waals surface area contributed by atoms with Crippen LogP contribution in [0.25, 0.3) is 33.1 Å². The monoisotopic (exact) mass is 604 g/mol. The molecule has 45 heavy (non-hydrogen) atoms. The van der Waals surface area contributed by atoms with Crippen LogP contribution in [0, 0.1) is 32.6 Å². The van der Waals surface area contributed by atoms with E-state index in [1.165, 1.54) is 11.9 Å². The maximum Gasteiger partial charge on any atom is 0.410 e. The zero-order valence-electron chi connectivity index (χ0n) is 27.0. The predicted octanol–water partition coefficient (Wildman–Crippen LogP) is 5.49. The first-order chi connectivity index (χ1) is 21.2. The molecule has 4 heterocycles. The van der Waals surface area contributed by atoms with Crippen molar-refractivity contribution < 1.29 is 14.3 Å². The minimum Gasteiger partial charge on any atom is -0.444 e. The fraction of sp³-hybridized carbons (Fsp3) is 0.324. The molecule has 0 fully saturated rings. The number of amides is 2. The molecular formula is C34H36N8O3. The summed E-state index contributed by atoms with van der Waals surface area (Å²) >= 11 is 0. The number of ether oxygens (including phenoxy) is 1. The molecule has 1 atom stereocenters. The second kappa shape index (κ2) is 12.0. The second-order valence-corrected chi connectivity index (χ2v) is 12.0. The predicted molar refractivity (Wildman–Crippen MR) is 174 cm³/mol. The van der Waals surface area contributed by atoms with Crippen LogP contribution in [-0.4, -0.2) is 65.3 Å². The Morgan fingerprint density at radius 3 is 2.49 bits per heavy atom. The number of fused-ring (bicyclic) bond motifs is 2. The van der Waals surface area contributed by atoms with Gasteiger partial charge in [-0.25, -0.2) is 19.7 Å². The molecule has 11 nitrogen and oxygen atoms in total. The molecule has 0 saturated heterocycles.